The van der Waals surface area contributed by atoms with E-state index in [1.54, 1.807) is 6.07 Å². The van der Waals surface area contributed by atoms with Crippen LogP contribution >= 0.6 is 0 Å². The molecule has 100 valence electrons. The Morgan fingerprint density at radius 1 is 1.28 bits per heavy atom. The second-order valence-corrected chi connectivity index (χ2v) is 3.85. The summed E-state index contributed by atoms with van der Waals surface area (Å²) in [4.78, 5) is 19.5. The van der Waals surface area contributed by atoms with Gasteiger partial charge in [-0.1, -0.05) is 0 Å². The van der Waals surface area contributed by atoms with E-state index in [-0.39, 0.29) is 24.4 Å². The molecule has 1 heterocycles. The lowest BCUT2D eigenvalue weighted by atomic mass is 10.4. The summed E-state index contributed by atoms with van der Waals surface area (Å²) < 4.78 is 9.99. The van der Waals surface area contributed by atoms with Crippen molar-refractivity contribution in [2.24, 2.45) is 0 Å². The van der Waals surface area contributed by atoms with Crippen molar-refractivity contribution in [2.45, 2.75) is 19.9 Å². The van der Waals surface area contributed by atoms with Crippen molar-refractivity contribution in [3.05, 3.63) is 6.07 Å². The largest absolute Gasteiger partial charge is 0.481 e. The maximum Gasteiger partial charge on any atom is 0.239 e. The number of methoxy groups -OCH3 is 2. The van der Waals surface area contributed by atoms with Crippen molar-refractivity contribution >= 4 is 11.9 Å². The molecular formula is C11H18N4O3. The minimum Gasteiger partial charge on any atom is -0.481 e. The molecular weight excluding hydrogens is 236 g/mol. The van der Waals surface area contributed by atoms with Crippen LogP contribution in [0.15, 0.2) is 6.07 Å². The van der Waals surface area contributed by atoms with Crippen LogP contribution in [0.3, 0.4) is 0 Å². The first kappa shape index (κ1) is 14.0. The van der Waals surface area contributed by atoms with Crippen LogP contribution in [0.4, 0.5) is 5.95 Å². The number of aromatic nitrogens is 2. The molecule has 0 aromatic carbocycles. The highest BCUT2D eigenvalue weighted by Crippen LogP contribution is 2.16. The predicted octanol–water partition coefficient (Wildman–Crippen LogP) is 0.430. The van der Waals surface area contributed by atoms with Crippen LogP contribution in [0.1, 0.15) is 13.8 Å². The van der Waals surface area contributed by atoms with Crippen LogP contribution < -0.4 is 20.1 Å². The molecule has 0 aliphatic carbocycles. The zero-order valence-electron chi connectivity index (χ0n) is 11.0. The number of carbonyl (C=O) groups is 1. The highest BCUT2D eigenvalue weighted by Gasteiger charge is 2.07. The van der Waals surface area contributed by atoms with Crippen molar-refractivity contribution < 1.29 is 14.3 Å². The highest BCUT2D eigenvalue weighted by molar-refractivity contribution is 5.80. The Bertz CT molecular complexity index is 387. The van der Waals surface area contributed by atoms with Crippen molar-refractivity contribution in [3.8, 4) is 11.8 Å². The first-order valence-corrected chi connectivity index (χ1v) is 5.55. The van der Waals surface area contributed by atoms with Crippen molar-refractivity contribution in [3.63, 3.8) is 0 Å². The van der Waals surface area contributed by atoms with Gasteiger partial charge in [0.15, 0.2) is 0 Å². The summed E-state index contributed by atoms with van der Waals surface area (Å²) in [6.07, 6.45) is 0. The lowest BCUT2D eigenvalue weighted by Crippen LogP contribution is -2.35. The third kappa shape index (κ3) is 4.44. The summed E-state index contributed by atoms with van der Waals surface area (Å²) >= 11 is 0. The van der Waals surface area contributed by atoms with E-state index in [1.807, 2.05) is 13.8 Å². The SMILES string of the molecule is COc1cc(OC)nc(NCC(=O)NC(C)C)n1. The van der Waals surface area contributed by atoms with E-state index in [4.69, 9.17) is 9.47 Å². The normalized spacial score (nSPS) is 10.1. The molecule has 7 nitrogen and oxygen atoms in total. The van der Waals surface area contributed by atoms with Crippen LogP contribution in [0.25, 0.3) is 0 Å². The quantitative estimate of drug-likeness (QED) is 0.765. The molecule has 0 fully saturated rings. The molecule has 0 unspecified atom stereocenters. The minimum absolute atomic E-state index is 0.0918. The molecule has 7 heteroatoms. The number of hydrogen-bond acceptors (Lipinski definition) is 6. The second-order valence-electron chi connectivity index (χ2n) is 3.85. The number of amides is 1. The zero-order valence-corrected chi connectivity index (χ0v) is 11.0. The number of rotatable bonds is 6. The number of anilines is 1. The van der Waals surface area contributed by atoms with E-state index in [1.165, 1.54) is 14.2 Å². The van der Waals surface area contributed by atoms with Gasteiger partial charge in [0.25, 0.3) is 0 Å². The molecule has 1 amide bonds. The molecule has 0 saturated carbocycles. The van der Waals surface area contributed by atoms with E-state index in [0.717, 1.165) is 0 Å². The van der Waals surface area contributed by atoms with Crippen LogP contribution in [0, 0.1) is 0 Å². The number of carbonyl (C=O) groups excluding carboxylic acids is 1. The van der Waals surface area contributed by atoms with Crippen molar-refractivity contribution in [2.75, 3.05) is 26.1 Å². The van der Waals surface area contributed by atoms with Crippen molar-refractivity contribution in [1.29, 1.82) is 0 Å². The number of nitrogens with zero attached hydrogens (tertiary/aromatic N) is 2. The summed E-state index contributed by atoms with van der Waals surface area (Å²) in [5.41, 5.74) is 0. The lowest BCUT2D eigenvalue weighted by molar-refractivity contribution is -0.119. The molecule has 0 atom stereocenters. The Kier molecular flexibility index (Phi) is 5.16. The van der Waals surface area contributed by atoms with Crippen LogP contribution in [-0.2, 0) is 4.79 Å². The fourth-order valence-corrected chi connectivity index (χ4v) is 1.22. The number of hydrogen-bond donors (Lipinski definition) is 2. The maximum atomic E-state index is 11.4. The molecule has 18 heavy (non-hydrogen) atoms. The van der Waals surface area contributed by atoms with Gasteiger partial charge in [0, 0.05) is 6.04 Å². The Morgan fingerprint density at radius 3 is 2.28 bits per heavy atom. The molecule has 0 aliphatic heterocycles. The third-order valence-corrected chi connectivity index (χ3v) is 1.95. The minimum atomic E-state index is -0.129. The molecule has 0 spiro atoms. The van der Waals surface area contributed by atoms with Gasteiger partial charge < -0.3 is 20.1 Å². The van der Waals surface area contributed by atoms with Gasteiger partial charge in [-0.25, -0.2) is 0 Å². The summed E-state index contributed by atoms with van der Waals surface area (Å²) in [6, 6.07) is 1.65. The molecule has 1 aromatic rings. The predicted molar refractivity (Wildman–Crippen MR) is 66.9 cm³/mol. The van der Waals surface area contributed by atoms with E-state index in [2.05, 4.69) is 20.6 Å². The molecule has 1 aromatic heterocycles. The Hall–Kier alpha value is -2.05. The first-order chi connectivity index (χ1) is 8.55. The van der Waals surface area contributed by atoms with Gasteiger partial charge in [0.2, 0.25) is 23.6 Å². The third-order valence-electron chi connectivity index (χ3n) is 1.95. The maximum absolute atomic E-state index is 11.4. The number of nitrogens with one attached hydrogen (secondary N) is 2. The summed E-state index contributed by atoms with van der Waals surface area (Å²) in [6.45, 7) is 3.88. The van der Waals surface area contributed by atoms with E-state index in [9.17, 15) is 4.79 Å². The van der Waals surface area contributed by atoms with Gasteiger partial charge in [0.05, 0.1) is 26.8 Å². The van der Waals surface area contributed by atoms with E-state index >= 15 is 0 Å². The van der Waals surface area contributed by atoms with E-state index < -0.39 is 0 Å². The summed E-state index contributed by atoms with van der Waals surface area (Å²) in [5.74, 6) is 0.891. The fourth-order valence-electron chi connectivity index (χ4n) is 1.22. The van der Waals surface area contributed by atoms with Crippen LogP contribution in [0.2, 0.25) is 0 Å². The highest BCUT2D eigenvalue weighted by atomic mass is 16.5. The van der Waals surface area contributed by atoms with Gasteiger partial charge in [-0.05, 0) is 13.8 Å². The standard InChI is InChI=1S/C11H18N4O3/c1-7(2)13-8(16)6-12-11-14-9(17-3)5-10(15-11)18-4/h5,7H,6H2,1-4H3,(H,13,16)(H,12,14,15). The fraction of sp³-hybridized carbons (Fsp3) is 0.545. The average molecular weight is 254 g/mol. The molecule has 0 saturated heterocycles. The number of ether oxygens (including phenoxy) is 2. The molecule has 0 bridgehead atoms. The summed E-state index contributed by atoms with van der Waals surface area (Å²) in [5, 5.41) is 5.56. The Balaban J connectivity index is 2.63. The van der Waals surface area contributed by atoms with Crippen LogP contribution in [0.5, 0.6) is 11.8 Å². The van der Waals surface area contributed by atoms with Gasteiger partial charge in [-0.3, -0.25) is 4.79 Å². The zero-order chi connectivity index (χ0) is 13.5. The van der Waals surface area contributed by atoms with Crippen molar-refractivity contribution in [1.82, 2.24) is 15.3 Å². The molecule has 2 N–H and O–H groups in total. The average Bonchev–Trinajstić information content (AvgIpc) is 2.35. The van der Waals surface area contributed by atoms with Gasteiger partial charge >= 0.3 is 0 Å². The van der Waals surface area contributed by atoms with Gasteiger partial charge in [-0.15, -0.1) is 0 Å². The topological polar surface area (TPSA) is 85.4 Å². The van der Waals surface area contributed by atoms with Gasteiger partial charge in [-0.2, -0.15) is 9.97 Å². The molecule has 0 radical (unpaired) electrons. The van der Waals surface area contributed by atoms with E-state index in [0.29, 0.717) is 11.8 Å². The first-order valence-electron chi connectivity index (χ1n) is 5.55. The Labute approximate surface area is 106 Å². The Morgan fingerprint density at radius 2 is 1.83 bits per heavy atom. The molecule has 1 rings (SSSR count). The van der Waals surface area contributed by atoms with Crippen LogP contribution in [-0.4, -0.2) is 42.7 Å². The molecule has 0 aliphatic rings. The second kappa shape index (κ2) is 6.63. The smallest absolute Gasteiger partial charge is 0.239 e. The summed E-state index contributed by atoms with van der Waals surface area (Å²) in [7, 11) is 2.99. The monoisotopic (exact) mass is 254 g/mol. The van der Waals surface area contributed by atoms with Gasteiger partial charge in [0.1, 0.15) is 0 Å². The lowest BCUT2D eigenvalue weighted by Gasteiger charge is -2.10.